The Morgan fingerprint density at radius 3 is 2.27 bits per heavy atom. The van der Waals surface area contributed by atoms with Gasteiger partial charge in [-0.05, 0) is 25.0 Å². The molecule has 0 spiro atoms. The number of rotatable bonds is 2. The molecular formula is C9H12N4O2. The fourth-order valence-corrected chi connectivity index (χ4v) is 1.38. The number of guanidine groups is 1. The molecule has 4 N–H and O–H groups in total. The normalized spacial score (nSPS) is 9.73. The maximum atomic E-state index is 10.6. The van der Waals surface area contributed by atoms with Gasteiger partial charge in [0.05, 0.1) is 4.92 Å². The van der Waals surface area contributed by atoms with E-state index in [9.17, 15) is 10.1 Å². The van der Waals surface area contributed by atoms with Gasteiger partial charge >= 0.3 is 0 Å². The molecule has 0 aliphatic carbocycles. The van der Waals surface area contributed by atoms with E-state index in [2.05, 4.69) is 5.32 Å². The number of nitro benzene ring substituents is 1. The predicted octanol–water partition coefficient (Wildman–Crippen LogP) is 1.52. The summed E-state index contributed by atoms with van der Waals surface area (Å²) < 4.78 is 0. The number of nitrogens with one attached hydrogen (secondary N) is 2. The van der Waals surface area contributed by atoms with Gasteiger partial charge in [0, 0.05) is 17.8 Å². The summed E-state index contributed by atoms with van der Waals surface area (Å²) in [5.74, 6) is -0.185. The Balaban J connectivity index is 3.21. The van der Waals surface area contributed by atoms with Gasteiger partial charge in [0.2, 0.25) is 0 Å². The number of non-ortho nitro benzene ring substituents is 1. The van der Waals surface area contributed by atoms with Crippen LogP contribution in [0.25, 0.3) is 0 Å². The average molecular weight is 208 g/mol. The van der Waals surface area contributed by atoms with Gasteiger partial charge in [0.25, 0.3) is 5.69 Å². The van der Waals surface area contributed by atoms with Crippen LogP contribution in [0.4, 0.5) is 11.4 Å². The summed E-state index contributed by atoms with van der Waals surface area (Å²) in [6.45, 7) is 3.45. The van der Waals surface area contributed by atoms with Crippen LogP contribution in [0.1, 0.15) is 11.1 Å². The number of hydrogen-bond acceptors (Lipinski definition) is 3. The number of anilines is 1. The summed E-state index contributed by atoms with van der Waals surface area (Å²) in [4.78, 5) is 10.1. The Bertz CT molecular complexity index is 405. The summed E-state index contributed by atoms with van der Waals surface area (Å²) in [7, 11) is 0. The van der Waals surface area contributed by atoms with Crippen molar-refractivity contribution in [3.63, 3.8) is 0 Å². The van der Waals surface area contributed by atoms with Crippen LogP contribution in [0, 0.1) is 29.4 Å². The molecule has 15 heavy (non-hydrogen) atoms. The molecule has 0 saturated carbocycles. The number of benzene rings is 1. The zero-order chi connectivity index (χ0) is 11.6. The summed E-state index contributed by atoms with van der Waals surface area (Å²) >= 11 is 0. The molecule has 0 unspecified atom stereocenters. The summed E-state index contributed by atoms with van der Waals surface area (Å²) in [5.41, 5.74) is 7.27. The second-order valence-corrected chi connectivity index (χ2v) is 3.25. The lowest BCUT2D eigenvalue weighted by atomic mass is 10.1. The number of nitro groups is 1. The first kappa shape index (κ1) is 11.0. The molecule has 0 aromatic heterocycles. The third kappa shape index (κ3) is 2.43. The van der Waals surface area contributed by atoms with E-state index in [1.807, 2.05) is 0 Å². The van der Waals surface area contributed by atoms with Crippen LogP contribution in [0.15, 0.2) is 12.1 Å². The number of nitrogens with zero attached hydrogens (tertiary/aromatic N) is 1. The Morgan fingerprint density at radius 2 is 1.93 bits per heavy atom. The van der Waals surface area contributed by atoms with Crippen molar-refractivity contribution in [1.82, 2.24) is 0 Å². The minimum absolute atomic E-state index is 0.0408. The first-order valence-electron chi connectivity index (χ1n) is 4.28. The van der Waals surface area contributed by atoms with Crippen molar-refractivity contribution in [2.45, 2.75) is 13.8 Å². The van der Waals surface area contributed by atoms with E-state index in [1.165, 1.54) is 12.1 Å². The zero-order valence-corrected chi connectivity index (χ0v) is 8.50. The lowest BCUT2D eigenvalue weighted by Crippen LogP contribution is -2.21. The molecule has 0 atom stereocenters. The Hall–Kier alpha value is -2.11. The smallest absolute Gasteiger partial charge is 0.270 e. The first-order valence-corrected chi connectivity index (χ1v) is 4.28. The fourth-order valence-electron chi connectivity index (χ4n) is 1.38. The average Bonchev–Trinajstić information content (AvgIpc) is 2.10. The van der Waals surface area contributed by atoms with Crippen molar-refractivity contribution in [2.75, 3.05) is 5.32 Å². The highest BCUT2D eigenvalue weighted by Crippen LogP contribution is 2.25. The quantitative estimate of drug-likeness (QED) is 0.296. The monoisotopic (exact) mass is 208 g/mol. The van der Waals surface area contributed by atoms with Gasteiger partial charge < -0.3 is 11.1 Å². The maximum Gasteiger partial charge on any atom is 0.270 e. The van der Waals surface area contributed by atoms with Gasteiger partial charge in [0.1, 0.15) is 0 Å². The topological polar surface area (TPSA) is 105 Å². The molecular weight excluding hydrogens is 196 g/mol. The molecule has 0 radical (unpaired) electrons. The van der Waals surface area contributed by atoms with Gasteiger partial charge in [0.15, 0.2) is 5.96 Å². The van der Waals surface area contributed by atoms with E-state index in [0.717, 1.165) is 0 Å². The van der Waals surface area contributed by atoms with E-state index in [4.69, 9.17) is 11.1 Å². The van der Waals surface area contributed by atoms with Gasteiger partial charge in [-0.3, -0.25) is 15.5 Å². The van der Waals surface area contributed by atoms with Gasteiger partial charge in [-0.15, -0.1) is 0 Å². The van der Waals surface area contributed by atoms with E-state index in [-0.39, 0.29) is 11.6 Å². The van der Waals surface area contributed by atoms with E-state index < -0.39 is 4.92 Å². The summed E-state index contributed by atoms with van der Waals surface area (Å²) in [5, 5.41) is 20.3. The molecule has 6 nitrogen and oxygen atoms in total. The molecule has 0 aliphatic rings. The predicted molar refractivity (Wildman–Crippen MR) is 58.1 cm³/mol. The number of hydrogen-bond donors (Lipinski definition) is 3. The lowest BCUT2D eigenvalue weighted by molar-refractivity contribution is -0.384. The molecule has 1 aromatic carbocycles. The standard InChI is InChI=1S/C9H12N4O2/c1-5-3-7(13(14)15)4-6(2)8(5)12-9(10)11/h3-4H,1-2H3,(H4,10,11,12). The van der Waals surface area contributed by atoms with Crippen LogP contribution in [0.5, 0.6) is 0 Å². The van der Waals surface area contributed by atoms with Crippen LogP contribution >= 0.6 is 0 Å². The Kier molecular flexibility index (Phi) is 2.89. The van der Waals surface area contributed by atoms with Crippen molar-refractivity contribution >= 4 is 17.3 Å². The van der Waals surface area contributed by atoms with Crippen LogP contribution in [-0.2, 0) is 0 Å². The van der Waals surface area contributed by atoms with Crippen molar-refractivity contribution in [2.24, 2.45) is 5.73 Å². The molecule has 0 aliphatic heterocycles. The summed E-state index contributed by atoms with van der Waals surface area (Å²) in [6.07, 6.45) is 0. The largest absolute Gasteiger partial charge is 0.370 e. The van der Waals surface area contributed by atoms with Crippen molar-refractivity contribution in [3.8, 4) is 0 Å². The maximum absolute atomic E-state index is 10.6. The molecule has 1 aromatic rings. The van der Waals surface area contributed by atoms with Crippen molar-refractivity contribution in [1.29, 1.82) is 5.41 Å². The van der Waals surface area contributed by atoms with Gasteiger partial charge in [-0.1, -0.05) is 0 Å². The SMILES string of the molecule is Cc1cc([N+](=O)[O-])cc(C)c1NC(=N)N. The van der Waals surface area contributed by atoms with Crippen LogP contribution < -0.4 is 11.1 Å². The Labute approximate surface area is 86.8 Å². The molecule has 0 fully saturated rings. The van der Waals surface area contributed by atoms with E-state index in [0.29, 0.717) is 16.8 Å². The van der Waals surface area contributed by atoms with Crippen molar-refractivity contribution in [3.05, 3.63) is 33.4 Å². The van der Waals surface area contributed by atoms with Crippen LogP contribution in [0.2, 0.25) is 0 Å². The highest BCUT2D eigenvalue weighted by atomic mass is 16.6. The highest BCUT2D eigenvalue weighted by Gasteiger charge is 2.11. The van der Waals surface area contributed by atoms with Crippen LogP contribution in [0.3, 0.4) is 0 Å². The molecule has 0 saturated heterocycles. The molecule has 0 bridgehead atoms. The zero-order valence-electron chi connectivity index (χ0n) is 8.50. The molecule has 6 heteroatoms. The molecule has 0 amide bonds. The van der Waals surface area contributed by atoms with E-state index >= 15 is 0 Å². The molecule has 0 heterocycles. The highest BCUT2D eigenvalue weighted by molar-refractivity contribution is 5.91. The number of aryl methyl sites for hydroxylation is 2. The summed E-state index contributed by atoms with van der Waals surface area (Å²) in [6, 6.07) is 2.89. The van der Waals surface area contributed by atoms with Gasteiger partial charge in [-0.2, -0.15) is 0 Å². The third-order valence-corrected chi connectivity index (χ3v) is 1.99. The fraction of sp³-hybridized carbons (Fsp3) is 0.222. The van der Waals surface area contributed by atoms with E-state index in [1.54, 1.807) is 13.8 Å². The lowest BCUT2D eigenvalue weighted by Gasteiger charge is -2.10. The number of nitrogens with two attached hydrogens (primary N) is 1. The molecule has 80 valence electrons. The minimum atomic E-state index is -0.447. The Morgan fingerprint density at radius 1 is 1.47 bits per heavy atom. The van der Waals surface area contributed by atoms with Crippen molar-refractivity contribution < 1.29 is 4.92 Å². The third-order valence-electron chi connectivity index (χ3n) is 1.99. The van der Waals surface area contributed by atoms with Gasteiger partial charge in [-0.25, -0.2) is 0 Å². The van der Waals surface area contributed by atoms with Crippen LogP contribution in [-0.4, -0.2) is 10.9 Å². The first-order chi connectivity index (χ1) is 6.91. The second kappa shape index (κ2) is 3.95. The minimum Gasteiger partial charge on any atom is -0.370 e. The molecule has 1 rings (SSSR count). The second-order valence-electron chi connectivity index (χ2n) is 3.25.